The van der Waals surface area contributed by atoms with Crippen LogP contribution in [0.5, 0.6) is 0 Å². The Hall–Kier alpha value is -1.23. The van der Waals surface area contributed by atoms with Crippen molar-refractivity contribution in [2.45, 2.75) is 26.2 Å². The zero-order valence-electron chi connectivity index (χ0n) is 8.86. The fraction of sp³-hybridized carbons (Fsp3) is 0.500. The molecule has 5 heteroatoms. The van der Waals surface area contributed by atoms with Crippen LogP contribution in [0.4, 0.5) is 0 Å². The van der Waals surface area contributed by atoms with E-state index in [2.05, 4.69) is 17.2 Å². The van der Waals surface area contributed by atoms with Crippen LogP contribution in [0.15, 0.2) is 10.9 Å². The van der Waals surface area contributed by atoms with Crippen molar-refractivity contribution in [1.82, 2.24) is 15.0 Å². The Morgan fingerprint density at radius 1 is 1.53 bits per heavy atom. The molecule has 0 aliphatic rings. The Morgan fingerprint density at radius 3 is 3.07 bits per heavy atom. The SMILES string of the molecule is CCCCc1cc2c(=O)n(C)nnc2s1. The van der Waals surface area contributed by atoms with Gasteiger partial charge >= 0.3 is 0 Å². The molecule has 4 nitrogen and oxygen atoms in total. The molecule has 0 spiro atoms. The first kappa shape index (κ1) is 10.3. The Bertz CT molecular complexity index is 529. The standard InChI is InChI=1S/C10H13N3OS/c1-3-4-5-7-6-8-9(15-7)11-12-13(2)10(8)14/h6H,3-5H2,1-2H3. The number of hydrogen-bond acceptors (Lipinski definition) is 4. The van der Waals surface area contributed by atoms with Crippen LogP contribution in [0.25, 0.3) is 10.2 Å². The average molecular weight is 223 g/mol. The van der Waals surface area contributed by atoms with Crippen LogP contribution in [0.3, 0.4) is 0 Å². The predicted molar refractivity (Wildman–Crippen MR) is 61.3 cm³/mol. The minimum absolute atomic E-state index is 0.0565. The molecule has 15 heavy (non-hydrogen) atoms. The van der Waals surface area contributed by atoms with E-state index >= 15 is 0 Å². The summed E-state index contributed by atoms with van der Waals surface area (Å²) in [6.45, 7) is 2.16. The van der Waals surface area contributed by atoms with Crippen LogP contribution in [0, 0.1) is 0 Å². The Labute approximate surface area is 91.5 Å². The fourth-order valence-corrected chi connectivity index (χ4v) is 2.46. The Morgan fingerprint density at radius 2 is 2.33 bits per heavy atom. The third kappa shape index (κ3) is 1.92. The first-order chi connectivity index (χ1) is 7.22. The second-order valence-electron chi connectivity index (χ2n) is 3.55. The second-order valence-corrected chi connectivity index (χ2v) is 4.67. The summed E-state index contributed by atoms with van der Waals surface area (Å²) >= 11 is 1.57. The maximum Gasteiger partial charge on any atom is 0.278 e. The molecule has 0 fully saturated rings. The van der Waals surface area contributed by atoms with Crippen LogP contribution in [0.2, 0.25) is 0 Å². The van der Waals surface area contributed by atoms with Gasteiger partial charge in [0, 0.05) is 11.9 Å². The molecule has 0 saturated heterocycles. The van der Waals surface area contributed by atoms with E-state index in [1.54, 1.807) is 18.4 Å². The van der Waals surface area contributed by atoms with E-state index in [0.29, 0.717) is 5.39 Å². The summed E-state index contributed by atoms with van der Waals surface area (Å²) in [6, 6.07) is 1.95. The molecule has 2 heterocycles. The summed E-state index contributed by atoms with van der Waals surface area (Å²) in [4.78, 5) is 13.7. The smallest absolute Gasteiger partial charge is 0.267 e. The minimum atomic E-state index is -0.0565. The normalized spacial score (nSPS) is 11.1. The first-order valence-electron chi connectivity index (χ1n) is 5.04. The molecule has 0 radical (unpaired) electrons. The molecule has 0 unspecified atom stereocenters. The van der Waals surface area contributed by atoms with Gasteiger partial charge in [-0.3, -0.25) is 4.79 Å². The van der Waals surface area contributed by atoms with Gasteiger partial charge in [-0.15, -0.1) is 16.4 Å². The van der Waals surface area contributed by atoms with Gasteiger partial charge < -0.3 is 0 Å². The van der Waals surface area contributed by atoms with Gasteiger partial charge in [0.25, 0.3) is 5.56 Å². The molecule has 0 aliphatic heterocycles. The van der Waals surface area contributed by atoms with Crippen molar-refractivity contribution in [3.63, 3.8) is 0 Å². The monoisotopic (exact) mass is 223 g/mol. The lowest BCUT2D eigenvalue weighted by Gasteiger charge is -1.91. The molecular formula is C10H13N3OS. The molecular weight excluding hydrogens is 210 g/mol. The Kier molecular flexibility index (Phi) is 2.81. The summed E-state index contributed by atoms with van der Waals surface area (Å²) < 4.78 is 1.28. The number of aromatic nitrogens is 3. The number of aryl methyl sites for hydroxylation is 2. The number of nitrogens with zero attached hydrogens (tertiary/aromatic N) is 3. The predicted octanol–water partition coefficient (Wildman–Crippen LogP) is 1.73. The van der Waals surface area contributed by atoms with Crippen molar-refractivity contribution < 1.29 is 0 Å². The van der Waals surface area contributed by atoms with E-state index in [4.69, 9.17) is 0 Å². The topological polar surface area (TPSA) is 47.8 Å². The van der Waals surface area contributed by atoms with E-state index in [1.807, 2.05) is 6.07 Å². The van der Waals surface area contributed by atoms with Crippen LogP contribution in [0.1, 0.15) is 24.6 Å². The molecule has 2 aromatic heterocycles. The zero-order valence-corrected chi connectivity index (χ0v) is 9.67. The fourth-order valence-electron chi connectivity index (χ4n) is 1.46. The number of thiophene rings is 1. The molecule has 2 rings (SSSR count). The van der Waals surface area contributed by atoms with Gasteiger partial charge in [-0.1, -0.05) is 18.6 Å². The van der Waals surface area contributed by atoms with Crippen molar-refractivity contribution in [3.8, 4) is 0 Å². The highest BCUT2D eigenvalue weighted by Crippen LogP contribution is 2.21. The van der Waals surface area contributed by atoms with Crippen LogP contribution in [-0.4, -0.2) is 15.0 Å². The van der Waals surface area contributed by atoms with Gasteiger partial charge in [-0.2, -0.15) is 0 Å². The van der Waals surface area contributed by atoms with E-state index < -0.39 is 0 Å². The summed E-state index contributed by atoms with van der Waals surface area (Å²) in [5.74, 6) is 0. The van der Waals surface area contributed by atoms with E-state index in [9.17, 15) is 4.79 Å². The van der Waals surface area contributed by atoms with Gasteiger partial charge in [0.1, 0.15) is 0 Å². The summed E-state index contributed by atoms with van der Waals surface area (Å²) in [5, 5.41) is 8.46. The van der Waals surface area contributed by atoms with Gasteiger partial charge in [0.05, 0.1) is 5.39 Å². The molecule has 2 aromatic rings. The van der Waals surface area contributed by atoms with Crippen LogP contribution in [-0.2, 0) is 13.5 Å². The lowest BCUT2D eigenvalue weighted by Crippen LogP contribution is -2.19. The van der Waals surface area contributed by atoms with Crippen LogP contribution < -0.4 is 5.56 Å². The maximum atomic E-state index is 11.7. The number of unbranched alkanes of at least 4 members (excludes halogenated alkanes) is 1. The Balaban J connectivity index is 2.47. The van der Waals surface area contributed by atoms with Crippen LogP contribution >= 0.6 is 11.3 Å². The van der Waals surface area contributed by atoms with Gasteiger partial charge in [0.15, 0.2) is 4.83 Å². The molecule has 80 valence electrons. The van der Waals surface area contributed by atoms with Crippen molar-refractivity contribution >= 4 is 21.6 Å². The van der Waals surface area contributed by atoms with Gasteiger partial charge in [-0.05, 0) is 18.9 Å². The molecule has 0 bridgehead atoms. The zero-order chi connectivity index (χ0) is 10.8. The third-order valence-corrected chi connectivity index (χ3v) is 3.41. The second kappa shape index (κ2) is 4.10. The highest BCUT2D eigenvalue weighted by molar-refractivity contribution is 7.18. The summed E-state index contributed by atoms with van der Waals surface area (Å²) in [6.07, 6.45) is 3.35. The van der Waals surface area contributed by atoms with Gasteiger partial charge in [0.2, 0.25) is 0 Å². The average Bonchev–Trinajstić information content (AvgIpc) is 2.64. The molecule has 0 N–H and O–H groups in total. The van der Waals surface area contributed by atoms with E-state index in [1.165, 1.54) is 9.56 Å². The van der Waals surface area contributed by atoms with Crippen molar-refractivity contribution in [1.29, 1.82) is 0 Å². The van der Waals surface area contributed by atoms with Crippen molar-refractivity contribution in [2.24, 2.45) is 7.05 Å². The largest absolute Gasteiger partial charge is 0.278 e. The molecule has 0 aromatic carbocycles. The number of fused-ring (bicyclic) bond motifs is 1. The summed E-state index contributed by atoms with van der Waals surface area (Å²) in [7, 11) is 1.62. The quantitative estimate of drug-likeness (QED) is 0.796. The highest BCUT2D eigenvalue weighted by atomic mass is 32.1. The highest BCUT2D eigenvalue weighted by Gasteiger charge is 2.07. The minimum Gasteiger partial charge on any atom is -0.267 e. The van der Waals surface area contributed by atoms with Crippen molar-refractivity contribution in [3.05, 3.63) is 21.3 Å². The lowest BCUT2D eigenvalue weighted by molar-refractivity contribution is 0.658. The molecule has 0 atom stereocenters. The van der Waals surface area contributed by atoms with Gasteiger partial charge in [-0.25, -0.2) is 4.68 Å². The molecule has 0 saturated carbocycles. The molecule has 0 aliphatic carbocycles. The maximum absolute atomic E-state index is 11.7. The van der Waals surface area contributed by atoms with E-state index in [-0.39, 0.29) is 5.56 Å². The summed E-state index contributed by atoms with van der Waals surface area (Å²) in [5.41, 5.74) is -0.0565. The number of hydrogen-bond donors (Lipinski definition) is 0. The third-order valence-electron chi connectivity index (χ3n) is 2.33. The number of rotatable bonds is 3. The first-order valence-corrected chi connectivity index (χ1v) is 5.86. The van der Waals surface area contributed by atoms with E-state index in [0.717, 1.165) is 24.1 Å². The lowest BCUT2D eigenvalue weighted by atomic mass is 10.2. The van der Waals surface area contributed by atoms with Crippen molar-refractivity contribution in [2.75, 3.05) is 0 Å². The molecule has 0 amide bonds.